The summed E-state index contributed by atoms with van der Waals surface area (Å²) in [5.41, 5.74) is -0.372. The van der Waals surface area contributed by atoms with E-state index < -0.39 is 35.4 Å². The van der Waals surface area contributed by atoms with Crippen LogP contribution in [0.15, 0.2) is 24.3 Å². The van der Waals surface area contributed by atoms with Gasteiger partial charge in [-0.25, -0.2) is 9.18 Å². The van der Waals surface area contributed by atoms with Gasteiger partial charge in [-0.1, -0.05) is 12.8 Å². The van der Waals surface area contributed by atoms with Crippen molar-refractivity contribution in [3.05, 3.63) is 30.1 Å². The molecule has 2 N–H and O–H groups in total. The van der Waals surface area contributed by atoms with Crippen molar-refractivity contribution in [3.63, 3.8) is 0 Å². The van der Waals surface area contributed by atoms with Crippen LogP contribution in [0.2, 0.25) is 0 Å². The normalized spacial score (nSPS) is 18.6. The molecule has 1 aliphatic heterocycles. The van der Waals surface area contributed by atoms with Crippen molar-refractivity contribution in [2.75, 3.05) is 11.9 Å². The number of hydrogen-bond donors (Lipinski definition) is 2. The predicted octanol–water partition coefficient (Wildman–Crippen LogP) is 2.34. The summed E-state index contributed by atoms with van der Waals surface area (Å²) < 4.78 is 18.0. The number of nitrogens with one attached hydrogen (secondary N) is 2. The highest BCUT2D eigenvalue weighted by Crippen LogP contribution is 2.35. The average Bonchev–Trinajstić information content (AvgIpc) is 3.24. The highest BCUT2D eigenvalue weighted by atomic mass is 19.1. The Balaban J connectivity index is 1.41. The van der Waals surface area contributed by atoms with E-state index in [1.165, 1.54) is 31.2 Å². The smallest absolute Gasteiger partial charge is 0.325 e. The van der Waals surface area contributed by atoms with Crippen LogP contribution in [0.25, 0.3) is 0 Å². The third kappa shape index (κ3) is 4.72. The van der Waals surface area contributed by atoms with Crippen molar-refractivity contribution < 1.29 is 28.3 Å². The van der Waals surface area contributed by atoms with E-state index in [1.807, 2.05) is 0 Å². The molecule has 8 nitrogen and oxygen atoms in total. The highest BCUT2D eigenvalue weighted by molar-refractivity contribution is 6.07. The van der Waals surface area contributed by atoms with Crippen molar-refractivity contribution in [2.45, 2.75) is 57.1 Å². The van der Waals surface area contributed by atoms with Crippen molar-refractivity contribution in [2.24, 2.45) is 0 Å². The number of urea groups is 1. The molecular weight excluding hydrogens is 381 g/mol. The van der Waals surface area contributed by atoms with Gasteiger partial charge in [-0.3, -0.25) is 19.3 Å². The summed E-state index contributed by atoms with van der Waals surface area (Å²) in [6, 6.07) is 4.79. The number of carbonyl (C=O) groups is 4. The molecule has 1 atom stereocenters. The minimum absolute atomic E-state index is 0.0295. The van der Waals surface area contributed by atoms with E-state index in [0.29, 0.717) is 18.5 Å². The van der Waals surface area contributed by atoms with Crippen LogP contribution in [-0.2, 0) is 19.1 Å². The average molecular weight is 405 g/mol. The third-order valence-electron chi connectivity index (χ3n) is 5.25. The summed E-state index contributed by atoms with van der Waals surface area (Å²) in [5.74, 6) is -1.79. The number of rotatable bonds is 7. The number of halogens is 1. The predicted molar refractivity (Wildman–Crippen MR) is 101 cm³/mol. The Bertz CT molecular complexity index is 805. The number of ether oxygens (including phenoxy) is 1. The van der Waals surface area contributed by atoms with Crippen molar-refractivity contribution in [3.8, 4) is 0 Å². The van der Waals surface area contributed by atoms with Crippen molar-refractivity contribution in [1.82, 2.24) is 10.2 Å². The fourth-order valence-electron chi connectivity index (χ4n) is 3.66. The molecule has 1 aromatic rings. The van der Waals surface area contributed by atoms with Crippen LogP contribution in [-0.4, -0.2) is 46.9 Å². The standard InChI is InChI=1S/C20H24FN3O5/c1-13(17(26)22-15-8-6-14(21)7-9-15)29-16(25)5-4-12-24-18(27)20(23-19(24)28)10-2-3-11-20/h6-9,13H,2-5,10-12H2,1H3,(H,22,26)(H,23,28). The van der Waals surface area contributed by atoms with E-state index in [9.17, 15) is 23.6 Å². The fraction of sp³-hybridized carbons (Fsp3) is 0.500. The molecule has 1 saturated heterocycles. The summed E-state index contributed by atoms with van der Waals surface area (Å²) in [6.45, 7) is 1.55. The van der Waals surface area contributed by atoms with E-state index in [2.05, 4.69) is 10.6 Å². The lowest BCUT2D eigenvalue weighted by atomic mass is 9.98. The zero-order valence-electron chi connectivity index (χ0n) is 16.2. The molecule has 1 saturated carbocycles. The van der Waals surface area contributed by atoms with E-state index in [-0.39, 0.29) is 25.3 Å². The summed E-state index contributed by atoms with van der Waals surface area (Å²) in [4.78, 5) is 49.8. The molecule has 2 aliphatic rings. The lowest BCUT2D eigenvalue weighted by molar-refractivity contribution is -0.153. The Morgan fingerprint density at radius 2 is 1.90 bits per heavy atom. The SMILES string of the molecule is CC(OC(=O)CCCN1C(=O)NC2(CCCC2)C1=O)C(=O)Nc1ccc(F)cc1. The van der Waals surface area contributed by atoms with Crippen LogP contribution >= 0.6 is 0 Å². The number of anilines is 1. The van der Waals surface area contributed by atoms with Gasteiger partial charge in [0.1, 0.15) is 11.4 Å². The van der Waals surface area contributed by atoms with Crippen LogP contribution in [0.1, 0.15) is 45.4 Å². The number of esters is 1. The molecule has 0 radical (unpaired) electrons. The molecule has 0 bridgehead atoms. The Hall–Kier alpha value is -2.97. The molecule has 1 aromatic carbocycles. The minimum Gasteiger partial charge on any atom is -0.453 e. The Labute approximate surface area is 167 Å². The molecule has 1 heterocycles. The number of carbonyl (C=O) groups excluding carboxylic acids is 4. The van der Waals surface area contributed by atoms with Crippen molar-refractivity contribution >= 4 is 29.5 Å². The third-order valence-corrected chi connectivity index (χ3v) is 5.25. The summed E-state index contributed by atoms with van der Waals surface area (Å²) in [5, 5.41) is 5.31. The minimum atomic E-state index is -1.04. The quantitative estimate of drug-likeness (QED) is 0.535. The topological polar surface area (TPSA) is 105 Å². The molecule has 29 heavy (non-hydrogen) atoms. The van der Waals surface area contributed by atoms with Gasteiger partial charge in [0.25, 0.3) is 11.8 Å². The maximum atomic E-state index is 12.9. The monoisotopic (exact) mass is 405 g/mol. The van der Waals surface area contributed by atoms with Gasteiger partial charge in [-0.2, -0.15) is 0 Å². The van der Waals surface area contributed by atoms with Crippen LogP contribution in [0.4, 0.5) is 14.9 Å². The molecule has 4 amide bonds. The van der Waals surface area contributed by atoms with Gasteiger partial charge in [0.05, 0.1) is 0 Å². The van der Waals surface area contributed by atoms with Gasteiger partial charge in [-0.05, 0) is 50.5 Å². The Kier molecular flexibility index (Phi) is 6.14. The molecule has 1 spiro atoms. The molecule has 2 fully saturated rings. The number of hydrogen-bond acceptors (Lipinski definition) is 5. The highest BCUT2D eigenvalue weighted by Gasteiger charge is 2.52. The lowest BCUT2D eigenvalue weighted by Gasteiger charge is -2.20. The molecule has 9 heteroatoms. The number of imide groups is 1. The molecule has 1 unspecified atom stereocenters. The molecule has 0 aromatic heterocycles. The molecular formula is C20H24FN3O5. The summed E-state index contributed by atoms with van der Waals surface area (Å²) in [6.07, 6.45) is 2.30. The molecule has 3 rings (SSSR count). The fourth-order valence-corrected chi connectivity index (χ4v) is 3.66. The van der Waals surface area contributed by atoms with E-state index in [1.54, 1.807) is 0 Å². The first-order valence-corrected chi connectivity index (χ1v) is 9.71. The zero-order chi connectivity index (χ0) is 21.0. The number of nitrogens with zero attached hydrogens (tertiary/aromatic N) is 1. The zero-order valence-corrected chi connectivity index (χ0v) is 16.2. The number of amides is 4. The van der Waals surface area contributed by atoms with Crippen LogP contribution in [0, 0.1) is 5.82 Å². The van der Waals surface area contributed by atoms with Crippen LogP contribution in [0.5, 0.6) is 0 Å². The summed E-state index contributed by atoms with van der Waals surface area (Å²) in [7, 11) is 0. The number of benzene rings is 1. The second-order valence-electron chi connectivity index (χ2n) is 7.41. The van der Waals surface area contributed by atoms with Gasteiger partial charge in [-0.15, -0.1) is 0 Å². The second-order valence-corrected chi connectivity index (χ2v) is 7.41. The van der Waals surface area contributed by atoms with Gasteiger partial charge < -0.3 is 15.4 Å². The van der Waals surface area contributed by atoms with E-state index in [4.69, 9.17) is 4.74 Å². The Morgan fingerprint density at radius 3 is 2.55 bits per heavy atom. The summed E-state index contributed by atoms with van der Waals surface area (Å²) >= 11 is 0. The van der Waals surface area contributed by atoms with Gasteiger partial charge in [0, 0.05) is 18.7 Å². The second kappa shape index (κ2) is 8.59. The Morgan fingerprint density at radius 1 is 1.24 bits per heavy atom. The lowest BCUT2D eigenvalue weighted by Crippen LogP contribution is -2.44. The maximum absolute atomic E-state index is 12.9. The first-order chi connectivity index (χ1) is 13.8. The van der Waals surface area contributed by atoms with Gasteiger partial charge >= 0.3 is 12.0 Å². The first-order valence-electron chi connectivity index (χ1n) is 9.71. The van der Waals surface area contributed by atoms with E-state index in [0.717, 1.165) is 17.7 Å². The largest absolute Gasteiger partial charge is 0.453 e. The van der Waals surface area contributed by atoms with Crippen molar-refractivity contribution in [1.29, 1.82) is 0 Å². The molecule has 1 aliphatic carbocycles. The van der Waals surface area contributed by atoms with Crippen LogP contribution in [0.3, 0.4) is 0 Å². The first kappa shape index (κ1) is 20.8. The molecule has 156 valence electrons. The van der Waals surface area contributed by atoms with E-state index >= 15 is 0 Å². The van der Waals surface area contributed by atoms with Crippen LogP contribution < -0.4 is 10.6 Å². The maximum Gasteiger partial charge on any atom is 0.325 e. The van der Waals surface area contributed by atoms with Gasteiger partial charge in [0.15, 0.2) is 6.10 Å². The van der Waals surface area contributed by atoms with Gasteiger partial charge in [0.2, 0.25) is 0 Å².